The standard InChI is InChI=1S/C18H21FN2O2/c1-21(2)12-14-10-13(8-9-16(14)19)11-20-18(22)15-6-4-5-7-17(15)23-3/h4-10H,11-12H2,1-3H3,(H,20,22). The largest absolute Gasteiger partial charge is 0.496 e. The Kier molecular flexibility index (Phi) is 5.71. The lowest BCUT2D eigenvalue weighted by Gasteiger charge is -2.13. The molecule has 23 heavy (non-hydrogen) atoms. The molecule has 0 atom stereocenters. The second-order valence-corrected chi connectivity index (χ2v) is 5.55. The van der Waals surface area contributed by atoms with Crippen molar-refractivity contribution >= 4 is 5.91 Å². The molecule has 0 heterocycles. The van der Waals surface area contributed by atoms with Crippen molar-refractivity contribution in [2.24, 2.45) is 0 Å². The number of rotatable bonds is 6. The molecule has 0 bridgehead atoms. The highest BCUT2D eigenvalue weighted by atomic mass is 19.1. The van der Waals surface area contributed by atoms with Gasteiger partial charge in [0, 0.05) is 18.7 Å². The zero-order chi connectivity index (χ0) is 16.8. The molecule has 0 unspecified atom stereocenters. The highest BCUT2D eigenvalue weighted by Gasteiger charge is 2.11. The fourth-order valence-corrected chi connectivity index (χ4v) is 2.31. The van der Waals surface area contributed by atoms with E-state index in [-0.39, 0.29) is 11.7 Å². The first-order valence-electron chi connectivity index (χ1n) is 7.34. The quantitative estimate of drug-likeness (QED) is 0.891. The summed E-state index contributed by atoms with van der Waals surface area (Å²) in [5, 5.41) is 2.83. The molecule has 0 aliphatic carbocycles. The van der Waals surface area contributed by atoms with Crippen LogP contribution in [0.5, 0.6) is 5.75 Å². The first kappa shape index (κ1) is 17.0. The molecule has 0 saturated carbocycles. The second kappa shape index (κ2) is 7.74. The third-order valence-electron chi connectivity index (χ3n) is 3.40. The number of ether oxygens (including phenoxy) is 1. The van der Waals surface area contributed by atoms with E-state index in [1.54, 1.807) is 30.3 Å². The molecule has 2 aromatic rings. The summed E-state index contributed by atoms with van der Waals surface area (Å²) < 4.78 is 18.9. The van der Waals surface area contributed by atoms with Gasteiger partial charge in [-0.05, 0) is 43.9 Å². The number of para-hydroxylation sites is 1. The predicted molar refractivity (Wildman–Crippen MR) is 88.0 cm³/mol. The molecule has 0 aliphatic rings. The van der Waals surface area contributed by atoms with Gasteiger partial charge in [-0.1, -0.05) is 18.2 Å². The summed E-state index contributed by atoms with van der Waals surface area (Å²) in [6, 6.07) is 11.9. The lowest BCUT2D eigenvalue weighted by molar-refractivity contribution is 0.0948. The highest BCUT2D eigenvalue weighted by molar-refractivity contribution is 5.96. The number of nitrogens with zero attached hydrogens (tertiary/aromatic N) is 1. The summed E-state index contributed by atoms with van der Waals surface area (Å²) >= 11 is 0. The fraction of sp³-hybridized carbons (Fsp3) is 0.278. The van der Waals surface area contributed by atoms with Gasteiger partial charge in [-0.2, -0.15) is 0 Å². The topological polar surface area (TPSA) is 41.6 Å². The molecule has 0 aromatic heterocycles. The van der Waals surface area contributed by atoms with Crippen LogP contribution in [0.15, 0.2) is 42.5 Å². The van der Waals surface area contributed by atoms with Crippen molar-refractivity contribution < 1.29 is 13.9 Å². The maximum absolute atomic E-state index is 13.8. The number of hydrogen-bond acceptors (Lipinski definition) is 3. The molecule has 2 aromatic carbocycles. The van der Waals surface area contributed by atoms with Crippen LogP contribution < -0.4 is 10.1 Å². The average Bonchev–Trinajstić information content (AvgIpc) is 2.54. The normalized spacial score (nSPS) is 10.7. The van der Waals surface area contributed by atoms with Crippen LogP contribution in [0.1, 0.15) is 21.5 Å². The Balaban J connectivity index is 2.07. The van der Waals surface area contributed by atoms with Crippen molar-refractivity contribution in [3.63, 3.8) is 0 Å². The van der Waals surface area contributed by atoms with E-state index in [0.29, 0.717) is 30.0 Å². The molecule has 0 fully saturated rings. The summed E-state index contributed by atoms with van der Waals surface area (Å²) in [7, 11) is 5.30. The Morgan fingerprint density at radius 3 is 2.65 bits per heavy atom. The van der Waals surface area contributed by atoms with Gasteiger partial charge in [-0.15, -0.1) is 0 Å². The Morgan fingerprint density at radius 1 is 1.22 bits per heavy atom. The maximum Gasteiger partial charge on any atom is 0.255 e. The minimum absolute atomic E-state index is 0.221. The van der Waals surface area contributed by atoms with Gasteiger partial charge in [0.1, 0.15) is 11.6 Å². The van der Waals surface area contributed by atoms with E-state index < -0.39 is 0 Å². The molecule has 0 spiro atoms. The van der Waals surface area contributed by atoms with Gasteiger partial charge >= 0.3 is 0 Å². The van der Waals surface area contributed by atoms with E-state index in [9.17, 15) is 9.18 Å². The summed E-state index contributed by atoms with van der Waals surface area (Å²) in [5.41, 5.74) is 1.94. The predicted octanol–water partition coefficient (Wildman–Crippen LogP) is 2.83. The Bertz CT molecular complexity index is 686. The van der Waals surface area contributed by atoms with Crippen LogP contribution in [0.3, 0.4) is 0 Å². The van der Waals surface area contributed by atoms with E-state index in [0.717, 1.165) is 5.56 Å². The first-order valence-corrected chi connectivity index (χ1v) is 7.34. The summed E-state index contributed by atoms with van der Waals surface area (Å²) in [6.07, 6.45) is 0. The molecule has 1 amide bonds. The Labute approximate surface area is 135 Å². The van der Waals surface area contributed by atoms with Gasteiger partial charge < -0.3 is 15.0 Å². The maximum atomic E-state index is 13.8. The SMILES string of the molecule is COc1ccccc1C(=O)NCc1ccc(F)c(CN(C)C)c1. The monoisotopic (exact) mass is 316 g/mol. The smallest absolute Gasteiger partial charge is 0.255 e. The Hall–Kier alpha value is -2.40. The van der Waals surface area contributed by atoms with E-state index >= 15 is 0 Å². The van der Waals surface area contributed by atoms with E-state index in [4.69, 9.17) is 4.74 Å². The number of benzene rings is 2. The lowest BCUT2D eigenvalue weighted by atomic mass is 10.1. The molecular formula is C18H21FN2O2. The molecule has 1 N–H and O–H groups in total. The van der Waals surface area contributed by atoms with Gasteiger partial charge in [0.05, 0.1) is 12.7 Å². The zero-order valence-corrected chi connectivity index (χ0v) is 13.6. The molecule has 4 nitrogen and oxygen atoms in total. The van der Waals surface area contributed by atoms with Crippen molar-refractivity contribution in [2.75, 3.05) is 21.2 Å². The number of nitrogens with one attached hydrogen (secondary N) is 1. The third kappa shape index (κ3) is 4.53. The molecule has 122 valence electrons. The molecule has 2 rings (SSSR count). The highest BCUT2D eigenvalue weighted by Crippen LogP contribution is 2.17. The van der Waals surface area contributed by atoms with Crippen LogP contribution in [0, 0.1) is 5.82 Å². The number of halogens is 1. The summed E-state index contributed by atoms with van der Waals surface area (Å²) in [5.74, 6) is 0.0665. The van der Waals surface area contributed by atoms with Crippen LogP contribution in [0.2, 0.25) is 0 Å². The van der Waals surface area contributed by atoms with Crippen molar-refractivity contribution in [2.45, 2.75) is 13.1 Å². The number of carbonyl (C=O) groups excluding carboxylic acids is 1. The molecule has 0 saturated heterocycles. The molecular weight excluding hydrogens is 295 g/mol. The lowest BCUT2D eigenvalue weighted by Crippen LogP contribution is -2.23. The number of hydrogen-bond donors (Lipinski definition) is 1. The summed E-state index contributed by atoms with van der Waals surface area (Å²) in [4.78, 5) is 14.2. The van der Waals surface area contributed by atoms with Crippen LogP contribution >= 0.6 is 0 Å². The number of carbonyl (C=O) groups is 1. The third-order valence-corrected chi connectivity index (χ3v) is 3.40. The number of amides is 1. The van der Waals surface area contributed by atoms with Crippen molar-refractivity contribution in [1.82, 2.24) is 10.2 Å². The zero-order valence-electron chi connectivity index (χ0n) is 13.6. The van der Waals surface area contributed by atoms with Crippen LogP contribution in [-0.2, 0) is 13.1 Å². The summed E-state index contributed by atoms with van der Waals surface area (Å²) in [6.45, 7) is 0.845. The van der Waals surface area contributed by atoms with Gasteiger partial charge in [-0.3, -0.25) is 4.79 Å². The first-order chi connectivity index (χ1) is 11.0. The van der Waals surface area contributed by atoms with Gasteiger partial charge in [0.15, 0.2) is 0 Å². The fourth-order valence-electron chi connectivity index (χ4n) is 2.31. The van der Waals surface area contributed by atoms with Crippen molar-refractivity contribution in [3.05, 3.63) is 65.0 Å². The molecule has 5 heteroatoms. The minimum Gasteiger partial charge on any atom is -0.496 e. The van der Waals surface area contributed by atoms with E-state index in [2.05, 4.69) is 5.32 Å². The number of methoxy groups -OCH3 is 1. The van der Waals surface area contributed by atoms with E-state index in [1.807, 2.05) is 25.1 Å². The van der Waals surface area contributed by atoms with Crippen LogP contribution in [0.4, 0.5) is 4.39 Å². The second-order valence-electron chi connectivity index (χ2n) is 5.55. The van der Waals surface area contributed by atoms with E-state index in [1.165, 1.54) is 13.2 Å². The van der Waals surface area contributed by atoms with Crippen LogP contribution in [-0.4, -0.2) is 32.0 Å². The average molecular weight is 316 g/mol. The van der Waals surface area contributed by atoms with Gasteiger partial charge in [-0.25, -0.2) is 4.39 Å². The van der Waals surface area contributed by atoms with Gasteiger partial charge in [0.2, 0.25) is 0 Å². The minimum atomic E-state index is -0.237. The Morgan fingerprint density at radius 2 is 1.96 bits per heavy atom. The molecule has 0 radical (unpaired) electrons. The molecule has 0 aliphatic heterocycles. The van der Waals surface area contributed by atoms with Crippen molar-refractivity contribution in [1.29, 1.82) is 0 Å². The van der Waals surface area contributed by atoms with Crippen molar-refractivity contribution in [3.8, 4) is 5.75 Å². The van der Waals surface area contributed by atoms with Gasteiger partial charge in [0.25, 0.3) is 5.91 Å². The van der Waals surface area contributed by atoms with Crippen LogP contribution in [0.25, 0.3) is 0 Å².